The Hall–Kier alpha value is -3.50. The number of carbonyl (C=O) groups is 1. The van der Waals surface area contributed by atoms with E-state index in [4.69, 9.17) is 9.84 Å². The van der Waals surface area contributed by atoms with Crippen molar-refractivity contribution in [1.82, 2.24) is 15.3 Å². The van der Waals surface area contributed by atoms with Gasteiger partial charge < -0.3 is 15.2 Å². The van der Waals surface area contributed by atoms with Gasteiger partial charge in [-0.2, -0.15) is 13.2 Å². The van der Waals surface area contributed by atoms with Gasteiger partial charge in [0.25, 0.3) is 0 Å². The topological polar surface area (TPSA) is 84.3 Å². The van der Waals surface area contributed by atoms with Gasteiger partial charge in [-0.3, -0.25) is 0 Å². The standard InChI is InChI=1S/C23H22F5N3O3/c1-12(9-22(2,3)31-21(32)33)10-34-19-5-4-13(6-15(19)23(26,27)28)20-14-7-16(24)17(25)8-18(14)29-11-30-20/h4-8,11-12,31H,9-10H2,1-3H3,(H,32,33)/t12-/m0/s1. The van der Waals surface area contributed by atoms with Crippen LogP contribution in [0, 0.1) is 17.6 Å². The number of benzene rings is 2. The van der Waals surface area contributed by atoms with Crippen molar-refractivity contribution in [2.24, 2.45) is 5.92 Å². The Labute approximate surface area is 191 Å². The molecule has 3 rings (SSSR count). The summed E-state index contributed by atoms with van der Waals surface area (Å²) in [7, 11) is 0. The van der Waals surface area contributed by atoms with Crippen LogP contribution in [-0.4, -0.2) is 33.3 Å². The van der Waals surface area contributed by atoms with E-state index in [2.05, 4.69) is 15.3 Å². The first-order valence-electron chi connectivity index (χ1n) is 10.2. The van der Waals surface area contributed by atoms with E-state index in [1.807, 2.05) is 0 Å². The summed E-state index contributed by atoms with van der Waals surface area (Å²) in [6.07, 6.45) is -4.58. The van der Waals surface area contributed by atoms with Crippen LogP contribution < -0.4 is 10.1 Å². The largest absolute Gasteiger partial charge is 0.493 e. The number of aromatic nitrogens is 2. The molecule has 0 fully saturated rings. The van der Waals surface area contributed by atoms with Crippen LogP contribution in [-0.2, 0) is 6.18 Å². The van der Waals surface area contributed by atoms with E-state index < -0.39 is 40.8 Å². The second kappa shape index (κ2) is 9.40. The van der Waals surface area contributed by atoms with E-state index in [9.17, 15) is 26.7 Å². The van der Waals surface area contributed by atoms with Crippen molar-refractivity contribution in [2.75, 3.05) is 6.61 Å². The molecule has 0 aliphatic carbocycles. The zero-order chi connectivity index (χ0) is 25.3. The van der Waals surface area contributed by atoms with Crippen LogP contribution in [0.15, 0.2) is 36.7 Å². The third-order valence-electron chi connectivity index (χ3n) is 5.06. The van der Waals surface area contributed by atoms with E-state index in [1.54, 1.807) is 20.8 Å². The van der Waals surface area contributed by atoms with Gasteiger partial charge in [0.15, 0.2) is 11.6 Å². The summed E-state index contributed by atoms with van der Waals surface area (Å²) in [5.74, 6) is -2.99. The number of halogens is 5. The maximum Gasteiger partial charge on any atom is 0.419 e. The zero-order valence-corrected chi connectivity index (χ0v) is 18.5. The van der Waals surface area contributed by atoms with Gasteiger partial charge in [-0.15, -0.1) is 0 Å². The van der Waals surface area contributed by atoms with Gasteiger partial charge in [0.2, 0.25) is 0 Å². The molecule has 1 aromatic heterocycles. The predicted octanol–water partition coefficient (Wildman–Crippen LogP) is 6.05. The van der Waals surface area contributed by atoms with Gasteiger partial charge in [-0.1, -0.05) is 6.92 Å². The number of alkyl halides is 3. The number of hydrogen-bond acceptors (Lipinski definition) is 4. The number of fused-ring (bicyclic) bond motifs is 1. The molecule has 0 saturated carbocycles. The first-order valence-corrected chi connectivity index (χ1v) is 10.2. The summed E-state index contributed by atoms with van der Waals surface area (Å²) >= 11 is 0. The minimum Gasteiger partial charge on any atom is -0.493 e. The van der Waals surface area contributed by atoms with Crippen molar-refractivity contribution < 1.29 is 36.6 Å². The third kappa shape index (κ3) is 5.89. The first-order chi connectivity index (χ1) is 15.8. The molecule has 2 aromatic carbocycles. The number of hydrogen-bond donors (Lipinski definition) is 2. The lowest BCUT2D eigenvalue weighted by Gasteiger charge is -2.28. The van der Waals surface area contributed by atoms with Gasteiger partial charge in [0, 0.05) is 22.6 Å². The highest BCUT2D eigenvalue weighted by Crippen LogP contribution is 2.40. The summed E-state index contributed by atoms with van der Waals surface area (Å²) in [5, 5.41) is 11.3. The summed E-state index contributed by atoms with van der Waals surface area (Å²) < 4.78 is 74.2. The number of nitrogens with one attached hydrogen (secondary N) is 1. The Balaban J connectivity index is 1.91. The third-order valence-corrected chi connectivity index (χ3v) is 5.06. The molecule has 1 atom stereocenters. The highest BCUT2D eigenvalue weighted by molar-refractivity contribution is 5.92. The first kappa shape index (κ1) is 25.1. The smallest absolute Gasteiger partial charge is 0.419 e. The summed E-state index contributed by atoms with van der Waals surface area (Å²) in [4.78, 5) is 18.7. The van der Waals surface area contributed by atoms with Crippen molar-refractivity contribution in [3.8, 4) is 17.0 Å². The van der Waals surface area contributed by atoms with Gasteiger partial charge in [-0.25, -0.2) is 23.5 Å². The Morgan fingerprint density at radius 3 is 2.44 bits per heavy atom. The number of amides is 1. The molecule has 0 saturated heterocycles. The fourth-order valence-electron chi connectivity index (χ4n) is 3.81. The molecule has 0 unspecified atom stereocenters. The molecule has 3 aromatic rings. The average Bonchev–Trinajstić information content (AvgIpc) is 2.70. The van der Waals surface area contributed by atoms with E-state index in [1.165, 1.54) is 6.07 Å². The monoisotopic (exact) mass is 483 g/mol. The Kier molecular flexibility index (Phi) is 6.94. The van der Waals surface area contributed by atoms with E-state index in [-0.39, 0.29) is 34.7 Å². The molecule has 34 heavy (non-hydrogen) atoms. The Bertz CT molecular complexity index is 1210. The van der Waals surface area contributed by atoms with Gasteiger partial charge >= 0.3 is 12.3 Å². The fourth-order valence-corrected chi connectivity index (χ4v) is 3.81. The Morgan fingerprint density at radius 2 is 1.79 bits per heavy atom. The molecule has 182 valence electrons. The second-order valence-electron chi connectivity index (χ2n) is 8.65. The molecule has 0 bridgehead atoms. The van der Waals surface area contributed by atoms with Crippen molar-refractivity contribution >= 4 is 17.0 Å². The van der Waals surface area contributed by atoms with Gasteiger partial charge in [0.1, 0.15) is 12.1 Å². The number of ether oxygens (including phenoxy) is 1. The molecule has 0 aliphatic rings. The van der Waals surface area contributed by atoms with E-state index >= 15 is 0 Å². The zero-order valence-electron chi connectivity index (χ0n) is 18.5. The molecule has 1 amide bonds. The lowest BCUT2D eigenvalue weighted by atomic mass is 9.92. The maximum atomic E-state index is 13.8. The number of nitrogens with zero attached hydrogens (tertiary/aromatic N) is 2. The van der Waals surface area contributed by atoms with E-state index in [0.717, 1.165) is 30.6 Å². The SMILES string of the molecule is C[C@H](COc1ccc(-c2ncnc3cc(F)c(F)cc23)cc1C(F)(F)F)CC(C)(C)NC(=O)O. The molecule has 2 N–H and O–H groups in total. The molecular weight excluding hydrogens is 461 g/mol. The number of rotatable bonds is 7. The van der Waals surface area contributed by atoms with Crippen LogP contribution in [0.5, 0.6) is 5.75 Å². The van der Waals surface area contributed by atoms with E-state index in [0.29, 0.717) is 6.42 Å². The van der Waals surface area contributed by atoms with Gasteiger partial charge in [-0.05, 0) is 50.5 Å². The van der Waals surface area contributed by atoms with Crippen molar-refractivity contribution in [2.45, 2.75) is 38.9 Å². The lowest BCUT2D eigenvalue weighted by molar-refractivity contribution is -0.139. The summed E-state index contributed by atoms with van der Waals surface area (Å²) in [6.45, 7) is 4.96. The summed E-state index contributed by atoms with van der Waals surface area (Å²) in [5.41, 5.74) is -1.78. The molecular formula is C23H22F5N3O3. The minimum absolute atomic E-state index is 0.0100. The van der Waals surface area contributed by atoms with Crippen LogP contribution in [0.1, 0.15) is 32.8 Å². The molecule has 6 nitrogen and oxygen atoms in total. The van der Waals surface area contributed by atoms with Crippen LogP contribution in [0.4, 0.5) is 26.7 Å². The van der Waals surface area contributed by atoms with Crippen molar-refractivity contribution in [3.63, 3.8) is 0 Å². The number of carboxylic acid groups (broad SMARTS) is 1. The normalized spacial score (nSPS) is 13.1. The quantitative estimate of drug-likeness (QED) is 0.400. The lowest BCUT2D eigenvalue weighted by Crippen LogP contribution is -2.44. The van der Waals surface area contributed by atoms with Crippen LogP contribution >= 0.6 is 0 Å². The summed E-state index contributed by atoms with van der Waals surface area (Å²) in [6, 6.07) is 5.00. The van der Waals surface area contributed by atoms with Crippen LogP contribution in [0.2, 0.25) is 0 Å². The van der Waals surface area contributed by atoms with Crippen LogP contribution in [0.3, 0.4) is 0 Å². The van der Waals surface area contributed by atoms with Crippen molar-refractivity contribution in [3.05, 3.63) is 53.9 Å². The van der Waals surface area contributed by atoms with Crippen molar-refractivity contribution in [1.29, 1.82) is 0 Å². The fraction of sp³-hybridized carbons (Fsp3) is 0.348. The van der Waals surface area contributed by atoms with Gasteiger partial charge in [0.05, 0.1) is 23.4 Å². The molecule has 0 spiro atoms. The molecule has 0 radical (unpaired) electrons. The molecule has 0 aliphatic heterocycles. The second-order valence-corrected chi connectivity index (χ2v) is 8.65. The Morgan fingerprint density at radius 1 is 1.12 bits per heavy atom. The highest BCUT2D eigenvalue weighted by atomic mass is 19.4. The average molecular weight is 483 g/mol. The maximum absolute atomic E-state index is 13.8. The predicted molar refractivity (Wildman–Crippen MR) is 114 cm³/mol. The van der Waals surface area contributed by atoms with Crippen LogP contribution in [0.25, 0.3) is 22.2 Å². The molecule has 1 heterocycles. The highest BCUT2D eigenvalue weighted by Gasteiger charge is 2.35. The minimum atomic E-state index is -4.76. The molecule has 11 heteroatoms.